The molecule has 0 atom stereocenters. The van der Waals surface area contributed by atoms with Crippen LogP contribution < -0.4 is 5.32 Å². The molecule has 2 aromatic rings. The third-order valence-electron chi connectivity index (χ3n) is 2.72. The fourth-order valence-corrected chi connectivity index (χ4v) is 2.75. The molecular weight excluding hydrogens is 409 g/mol. The molecule has 0 spiro atoms. The van der Waals surface area contributed by atoms with E-state index >= 15 is 0 Å². The van der Waals surface area contributed by atoms with E-state index in [4.69, 9.17) is 16.7 Å². The fraction of sp³-hybridized carbons (Fsp3) is 0.0714. The van der Waals surface area contributed by atoms with Crippen LogP contribution in [0.2, 0.25) is 5.02 Å². The Morgan fingerprint density at radius 3 is 2.65 bits per heavy atom. The molecule has 0 aliphatic heterocycles. The molecule has 0 bridgehead atoms. The van der Waals surface area contributed by atoms with Gasteiger partial charge < -0.3 is 10.4 Å². The second kappa shape index (κ2) is 6.61. The fourth-order valence-electron chi connectivity index (χ4n) is 1.65. The van der Waals surface area contributed by atoms with Crippen LogP contribution in [0.25, 0.3) is 0 Å². The van der Waals surface area contributed by atoms with Gasteiger partial charge in [0, 0.05) is 11.0 Å². The summed E-state index contributed by atoms with van der Waals surface area (Å²) in [7, 11) is 0. The number of carbonyl (C=O) groups is 1. The average Bonchev–Trinajstić information content (AvgIpc) is 2.41. The second-order valence-electron chi connectivity index (χ2n) is 4.07. The molecule has 104 valence electrons. The zero-order valence-corrected chi connectivity index (χ0v) is 14.1. The van der Waals surface area contributed by atoms with E-state index in [1.807, 2.05) is 12.1 Å². The molecule has 20 heavy (non-hydrogen) atoms. The Morgan fingerprint density at radius 1 is 1.25 bits per heavy atom. The van der Waals surface area contributed by atoms with Gasteiger partial charge in [0.05, 0.1) is 20.7 Å². The molecule has 0 aromatic heterocycles. The van der Waals surface area contributed by atoms with E-state index in [1.165, 1.54) is 0 Å². The van der Waals surface area contributed by atoms with E-state index in [9.17, 15) is 4.79 Å². The summed E-state index contributed by atoms with van der Waals surface area (Å²) < 4.78 is 1.56. The number of halogens is 3. The number of carboxylic acids is 1. The van der Waals surface area contributed by atoms with Gasteiger partial charge in [-0.25, -0.2) is 4.79 Å². The summed E-state index contributed by atoms with van der Waals surface area (Å²) in [6.07, 6.45) is 0. The van der Waals surface area contributed by atoms with Crippen LogP contribution in [0.3, 0.4) is 0 Å². The minimum absolute atomic E-state index is 0.254. The largest absolute Gasteiger partial charge is 0.478 e. The maximum atomic E-state index is 10.9. The highest BCUT2D eigenvalue weighted by Crippen LogP contribution is 2.30. The number of hydrogen-bond donors (Lipinski definition) is 2. The third kappa shape index (κ3) is 3.53. The van der Waals surface area contributed by atoms with E-state index in [2.05, 4.69) is 37.2 Å². The Bertz CT molecular complexity index is 662. The average molecular weight is 420 g/mol. The van der Waals surface area contributed by atoms with Crippen molar-refractivity contribution < 1.29 is 9.90 Å². The Kier molecular flexibility index (Phi) is 5.07. The van der Waals surface area contributed by atoms with Gasteiger partial charge in [0.2, 0.25) is 0 Å². The molecule has 3 nitrogen and oxygen atoms in total. The maximum Gasteiger partial charge on any atom is 0.335 e. The molecule has 0 aliphatic carbocycles. The van der Waals surface area contributed by atoms with Gasteiger partial charge in [-0.1, -0.05) is 39.7 Å². The van der Waals surface area contributed by atoms with Crippen molar-refractivity contribution >= 4 is 55.1 Å². The lowest BCUT2D eigenvalue weighted by Gasteiger charge is -2.11. The SMILES string of the molecule is O=C(O)c1ccc(CNc2cccc(Cl)c2Br)c(Br)c1. The zero-order valence-electron chi connectivity index (χ0n) is 10.2. The molecule has 0 unspecified atom stereocenters. The topological polar surface area (TPSA) is 49.3 Å². The van der Waals surface area contributed by atoms with Crippen LogP contribution in [0, 0.1) is 0 Å². The van der Waals surface area contributed by atoms with Crippen LogP contribution in [0.4, 0.5) is 5.69 Å². The molecule has 0 radical (unpaired) electrons. The van der Waals surface area contributed by atoms with Crippen LogP contribution in [0.15, 0.2) is 45.3 Å². The molecule has 0 fully saturated rings. The molecule has 2 rings (SSSR count). The Labute approximate surface area is 138 Å². The first kappa shape index (κ1) is 15.4. The number of hydrogen-bond acceptors (Lipinski definition) is 2. The molecule has 2 N–H and O–H groups in total. The van der Waals surface area contributed by atoms with Crippen molar-refractivity contribution in [3.63, 3.8) is 0 Å². The Morgan fingerprint density at radius 2 is 2.00 bits per heavy atom. The van der Waals surface area contributed by atoms with Crippen molar-refractivity contribution in [3.8, 4) is 0 Å². The summed E-state index contributed by atoms with van der Waals surface area (Å²) in [5.41, 5.74) is 2.10. The van der Waals surface area contributed by atoms with Crippen molar-refractivity contribution in [2.75, 3.05) is 5.32 Å². The maximum absolute atomic E-state index is 10.9. The molecule has 0 aliphatic rings. The van der Waals surface area contributed by atoms with Gasteiger partial charge in [-0.05, 0) is 45.8 Å². The third-order valence-corrected chi connectivity index (χ3v) is 4.86. The van der Waals surface area contributed by atoms with E-state index in [0.29, 0.717) is 11.6 Å². The second-order valence-corrected chi connectivity index (χ2v) is 6.12. The van der Waals surface area contributed by atoms with E-state index < -0.39 is 5.97 Å². The summed E-state index contributed by atoms with van der Waals surface area (Å²) in [4.78, 5) is 10.9. The number of nitrogens with one attached hydrogen (secondary N) is 1. The van der Waals surface area contributed by atoms with Crippen LogP contribution in [-0.4, -0.2) is 11.1 Å². The van der Waals surface area contributed by atoms with Gasteiger partial charge >= 0.3 is 5.97 Å². The minimum Gasteiger partial charge on any atom is -0.478 e. The first-order valence-corrected chi connectivity index (χ1v) is 7.65. The lowest BCUT2D eigenvalue weighted by Crippen LogP contribution is -2.03. The number of carboxylic acid groups (broad SMARTS) is 1. The number of benzene rings is 2. The number of rotatable bonds is 4. The lowest BCUT2D eigenvalue weighted by molar-refractivity contribution is 0.0697. The number of aromatic carboxylic acids is 1. The van der Waals surface area contributed by atoms with Crippen molar-refractivity contribution in [2.45, 2.75) is 6.54 Å². The summed E-state index contributed by atoms with van der Waals surface area (Å²) in [5.74, 6) is -0.942. The smallest absolute Gasteiger partial charge is 0.335 e. The highest BCUT2D eigenvalue weighted by molar-refractivity contribution is 9.11. The summed E-state index contributed by atoms with van der Waals surface area (Å²) >= 11 is 12.8. The quantitative estimate of drug-likeness (QED) is 0.718. The van der Waals surface area contributed by atoms with Gasteiger partial charge in [-0.15, -0.1) is 0 Å². The molecule has 0 saturated carbocycles. The van der Waals surface area contributed by atoms with Crippen LogP contribution in [-0.2, 0) is 6.54 Å². The molecule has 6 heteroatoms. The molecule has 2 aromatic carbocycles. The highest BCUT2D eigenvalue weighted by Gasteiger charge is 2.08. The number of anilines is 1. The van der Waals surface area contributed by atoms with Gasteiger partial charge in [0.1, 0.15) is 0 Å². The molecule has 0 saturated heterocycles. The first-order chi connectivity index (χ1) is 9.49. The van der Waals surface area contributed by atoms with Gasteiger partial charge in [0.15, 0.2) is 0 Å². The van der Waals surface area contributed by atoms with E-state index in [1.54, 1.807) is 24.3 Å². The Balaban J connectivity index is 2.15. The summed E-state index contributed by atoms with van der Waals surface area (Å²) in [6.45, 7) is 0.555. The predicted octanol–water partition coefficient (Wildman–Crippen LogP) is 5.18. The molecule has 0 amide bonds. The summed E-state index contributed by atoms with van der Waals surface area (Å²) in [6, 6.07) is 10.5. The minimum atomic E-state index is -0.942. The molecule has 0 heterocycles. The van der Waals surface area contributed by atoms with Gasteiger partial charge in [0.25, 0.3) is 0 Å². The predicted molar refractivity (Wildman–Crippen MR) is 87.6 cm³/mol. The van der Waals surface area contributed by atoms with Crippen molar-refractivity contribution in [1.29, 1.82) is 0 Å². The summed E-state index contributed by atoms with van der Waals surface area (Å²) in [5, 5.41) is 12.8. The van der Waals surface area contributed by atoms with Gasteiger partial charge in [-0.3, -0.25) is 0 Å². The van der Waals surface area contributed by atoms with Crippen molar-refractivity contribution in [2.24, 2.45) is 0 Å². The normalized spacial score (nSPS) is 10.3. The standard InChI is InChI=1S/C14H10Br2ClNO2/c15-10-6-8(14(19)20)4-5-9(10)7-18-12-3-1-2-11(17)13(12)16/h1-6,18H,7H2,(H,19,20). The molecular formula is C14H10Br2ClNO2. The van der Waals surface area contributed by atoms with Crippen LogP contribution >= 0.6 is 43.5 Å². The highest BCUT2D eigenvalue weighted by atomic mass is 79.9. The van der Waals surface area contributed by atoms with Crippen LogP contribution in [0.5, 0.6) is 0 Å². The first-order valence-electron chi connectivity index (χ1n) is 5.68. The zero-order chi connectivity index (χ0) is 14.7. The lowest BCUT2D eigenvalue weighted by atomic mass is 10.1. The van der Waals surface area contributed by atoms with Crippen molar-refractivity contribution in [1.82, 2.24) is 0 Å². The van der Waals surface area contributed by atoms with Crippen molar-refractivity contribution in [3.05, 3.63) is 61.5 Å². The monoisotopic (exact) mass is 417 g/mol. The van der Waals surface area contributed by atoms with Crippen LogP contribution in [0.1, 0.15) is 15.9 Å². The van der Waals surface area contributed by atoms with Gasteiger partial charge in [-0.2, -0.15) is 0 Å². The Hall–Kier alpha value is -1.04. The van der Waals surface area contributed by atoms with E-state index in [0.717, 1.165) is 20.2 Å². The van der Waals surface area contributed by atoms with E-state index in [-0.39, 0.29) is 5.56 Å².